The summed E-state index contributed by atoms with van der Waals surface area (Å²) in [5.74, 6) is -0.475. The number of nitrogens with zero attached hydrogens (tertiary/aromatic N) is 1. The Morgan fingerprint density at radius 3 is 2.62 bits per heavy atom. The number of amides is 3. The van der Waals surface area contributed by atoms with Gasteiger partial charge in [0.15, 0.2) is 0 Å². The van der Waals surface area contributed by atoms with E-state index in [9.17, 15) is 14.4 Å². The van der Waals surface area contributed by atoms with Gasteiger partial charge in [-0.05, 0) is 45.0 Å². The number of aromatic amines is 1. The van der Waals surface area contributed by atoms with Crippen LogP contribution in [0.2, 0.25) is 5.02 Å². The van der Waals surface area contributed by atoms with Gasteiger partial charge in [-0.2, -0.15) is 0 Å². The highest BCUT2D eigenvalue weighted by Crippen LogP contribution is 2.21. The summed E-state index contributed by atoms with van der Waals surface area (Å²) >= 11 is 6.00. The molecule has 0 bridgehead atoms. The summed E-state index contributed by atoms with van der Waals surface area (Å²) in [4.78, 5) is 41.7. The first-order valence-corrected chi connectivity index (χ1v) is 9.72. The zero-order chi connectivity index (χ0) is 21.3. The van der Waals surface area contributed by atoms with Crippen LogP contribution in [0.25, 0.3) is 10.9 Å². The van der Waals surface area contributed by atoms with E-state index >= 15 is 0 Å². The highest BCUT2D eigenvalue weighted by Gasteiger charge is 2.35. The van der Waals surface area contributed by atoms with E-state index in [1.165, 1.54) is 4.90 Å². The first-order chi connectivity index (χ1) is 13.5. The van der Waals surface area contributed by atoms with Crippen molar-refractivity contribution in [2.24, 2.45) is 0 Å². The van der Waals surface area contributed by atoms with Crippen LogP contribution in [0.5, 0.6) is 0 Å². The lowest BCUT2D eigenvalue weighted by Crippen LogP contribution is -2.61. The van der Waals surface area contributed by atoms with E-state index in [4.69, 9.17) is 16.3 Å². The van der Waals surface area contributed by atoms with Gasteiger partial charge in [0, 0.05) is 35.9 Å². The number of carbonyl (C=O) groups excluding carboxylic acids is 3. The number of piperidine rings is 1. The molecule has 0 saturated carbocycles. The van der Waals surface area contributed by atoms with Crippen molar-refractivity contribution in [3.63, 3.8) is 0 Å². The van der Waals surface area contributed by atoms with Crippen LogP contribution in [0.3, 0.4) is 0 Å². The number of hydrogen-bond donors (Lipinski definition) is 3. The molecule has 8 nitrogen and oxygen atoms in total. The average Bonchev–Trinajstić information content (AvgIpc) is 3.00. The Bertz CT molecular complexity index is 950. The normalized spacial score (nSPS) is 19.9. The fraction of sp³-hybridized carbons (Fsp3) is 0.450. The van der Waals surface area contributed by atoms with Gasteiger partial charge in [-0.25, -0.2) is 4.79 Å². The monoisotopic (exact) mass is 420 g/mol. The molecule has 1 aromatic heterocycles. The summed E-state index contributed by atoms with van der Waals surface area (Å²) in [6.45, 7) is 5.57. The van der Waals surface area contributed by atoms with E-state index in [0.29, 0.717) is 10.7 Å². The number of halogens is 1. The van der Waals surface area contributed by atoms with Crippen molar-refractivity contribution < 1.29 is 19.1 Å². The van der Waals surface area contributed by atoms with Crippen LogP contribution in [-0.4, -0.2) is 59.1 Å². The number of fused-ring (bicyclic) bond motifs is 1. The van der Waals surface area contributed by atoms with Crippen LogP contribution in [0.4, 0.5) is 4.79 Å². The molecule has 1 fully saturated rings. The fourth-order valence-corrected chi connectivity index (χ4v) is 3.42. The van der Waals surface area contributed by atoms with Crippen molar-refractivity contribution in [3.05, 3.63) is 35.0 Å². The molecule has 0 radical (unpaired) electrons. The SMILES string of the molecule is CN1CC(NC(=O)OC(C)(C)C)C(NC(=O)c2cc3cc(Cl)ccc3[nH]2)CC1=O. The second kappa shape index (κ2) is 7.94. The van der Waals surface area contributed by atoms with Crippen LogP contribution in [-0.2, 0) is 9.53 Å². The molecule has 0 aliphatic carbocycles. The van der Waals surface area contributed by atoms with Gasteiger partial charge < -0.3 is 25.3 Å². The van der Waals surface area contributed by atoms with Crippen LogP contribution >= 0.6 is 11.6 Å². The topological polar surface area (TPSA) is 104 Å². The highest BCUT2D eigenvalue weighted by atomic mass is 35.5. The molecule has 1 aliphatic heterocycles. The van der Waals surface area contributed by atoms with Gasteiger partial charge >= 0.3 is 6.09 Å². The molecular formula is C20H25ClN4O4. The van der Waals surface area contributed by atoms with Crippen LogP contribution in [0.15, 0.2) is 24.3 Å². The minimum Gasteiger partial charge on any atom is -0.444 e. The van der Waals surface area contributed by atoms with Gasteiger partial charge in [-0.15, -0.1) is 0 Å². The minimum absolute atomic E-state index is 0.0781. The van der Waals surface area contributed by atoms with Gasteiger partial charge in [0.25, 0.3) is 5.91 Å². The Balaban J connectivity index is 1.74. The standard InChI is InChI=1S/C20H25ClN4O4/c1-20(2,3)29-19(28)24-16-10-25(4)17(26)9-14(16)23-18(27)15-8-11-7-12(21)5-6-13(11)22-15/h5-8,14,16,22H,9-10H2,1-4H3,(H,23,27)(H,24,28). The molecule has 2 heterocycles. The molecule has 0 spiro atoms. The molecule has 29 heavy (non-hydrogen) atoms. The first-order valence-electron chi connectivity index (χ1n) is 9.34. The molecule has 3 amide bonds. The van der Waals surface area contributed by atoms with Crippen molar-refractivity contribution in [3.8, 4) is 0 Å². The molecule has 9 heteroatoms. The Labute approximate surface area is 173 Å². The fourth-order valence-electron chi connectivity index (χ4n) is 3.24. The lowest BCUT2D eigenvalue weighted by atomic mass is 9.98. The van der Waals surface area contributed by atoms with Gasteiger partial charge in [0.05, 0.1) is 12.1 Å². The molecule has 2 atom stereocenters. The van der Waals surface area contributed by atoms with Crippen molar-refractivity contribution in [2.45, 2.75) is 44.9 Å². The predicted octanol–water partition coefficient (Wildman–Crippen LogP) is 2.68. The van der Waals surface area contributed by atoms with Crippen LogP contribution in [0.1, 0.15) is 37.7 Å². The molecule has 2 aromatic rings. The van der Waals surface area contributed by atoms with E-state index in [2.05, 4.69) is 15.6 Å². The number of hydrogen-bond acceptors (Lipinski definition) is 4. The minimum atomic E-state index is -0.648. The number of benzene rings is 1. The third-order valence-electron chi connectivity index (χ3n) is 4.62. The van der Waals surface area contributed by atoms with Crippen LogP contribution in [0, 0.1) is 0 Å². The van der Waals surface area contributed by atoms with Crippen molar-refractivity contribution >= 4 is 40.4 Å². The molecule has 156 valence electrons. The number of carbonyl (C=O) groups is 3. The molecule has 3 rings (SSSR count). The first kappa shape index (κ1) is 21.0. The largest absolute Gasteiger partial charge is 0.444 e. The number of ether oxygens (including phenoxy) is 1. The molecule has 1 saturated heterocycles. The zero-order valence-electron chi connectivity index (χ0n) is 16.8. The molecule has 3 N–H and O–H groups in total. The summed E-state index contributed by atoms with van der Waals surface area (Å²) in [5, 5.41) is 7.01. The van der Waals surface area contributed by atoms with E-state index < -0.39 is 23.8 Å². The number of aromatic nitrogens is 1. The molecule has 1 aromatic carbocycles. The lowest BCUT2D eigenvalue weighted by molar-refractivity contribution is -0.133. The van der Waals surface area contributed by atoms with E-state index in [0.717, 1.165) is 10.9 Å². The van der Waals surface area contributed by atoms with E-state index in [1.54, 1.807) is 52.1 Å². The maximum absolute atomic E-state index is 12.8. The third kappa shape index (κ3) is 5.20. The number of nitrogens with one attached hydrogen (secondary N) is 3. The quantitative estimate of drug-likeness (QED) is 0.710. The Morgan fingerprint density at radius 1 is 1.21 bits per heavy atom. The van der Waals surface area contributed by atoms with Gasteiger partial charge in [0.2, 0.25) is 5.91 Å². The maximum Gasteiger partial charge on any atom is 0.408 e. The summed E-state index contributed by atoms with van der Waals surface area (Å²) in [6.07, 6.45) is -0.515. The number of rotatable bonds is 3. The number of H-pyrrole nitrogens is 1. The van der Waals surface area contributed by atoms with Gasteiger partial charge in [-0.1, -0.05) is 11.6 Å². The number of alkyl carbamates (subject to hydrolysis) is 1. The van der Waals surface area contributed by atoms with Gasteiger partial charge in [-0.3, -0.25) is 9.59 Å². The summed E-state index contributed by atoms with van der Waals surface area (Å²) in [6, 6.07) is 5.95. The summed E-state index contributed by atoms with van der Waals surface area (Å²) < 4.78 is 5.31. The van der Waals surface area contributed by atoms with Crippen LogP contribution < -0.4 is 10.6 Å². The third-order valence-corrected chi connectivity index (χ3v) is 4.86. The maximum atomic E-state index is 12.8. The Morgan fingerprint density at radius 2 is 1.93 bits per heavy atom. The second-order valence-corrected chi connectivity index (χ2v) is 8.66. The molecule has 2 unspecified atom stereocenters. The van der Waals surface area contributed by atoms with Crippen molar-refractivity contribution in [2.75, 3.05) is 13.6 Å². The van der Waals surface area contributed by atoms with E-state index in [1.807, 2.05) is 0 Å². The van der Waals surface area contributed by atoms with Crippen molar-refractivity contribution in [1.29, 1.82) is 0 Å². The Kier molecular flexibility index (Phi) is 5.75. The highest BCUT2D eigenvalue weighted by molar-refractivity contribution is 6.31. The summed E-state index contributed by atoms with van der Waals surface area (Å²) in [5.41, 5.74) is 0.484. The summed E-state index contributed by atoms with van der Waals surface area (Å²) in [7, 11) is 1.66. The van der Waals surface area contributed by atoms with Crippen molar-refractivity contribution in [1.82, 2.24) is 20.5 Å². The molecule has 1 aliphatic rings. The predicted molar refractivity (Wildman–Crippen MR) is 110 cm³/mol. The van der Waals surface area contributed by atoms with Gasteiger partial charge in [0.1, 0.15) is 11.3 Å². The number of likely N-dealkylation sites (N-methyl/N-ethyl adjacent to an activating group) is 1. The smallest absolute Gasteiger partial charge is 0.408 e. The Hall–Kier alpha value is -2.74. The van der Waals surface area contributed by atoms with E-state index in [-0.39, 0.29) is 24.8 Å². The lowest BCUT2D eigenvalue weighted by Gasteiger charge is -2.37. The number of likely N-dealkylation sites (tertiary alicyclic amines) is 1. The zero-order valence-corrected chi connectivity index (χ0v) is 17.6. The average molecular weight is 421 g/mol. The molecular weight excluding hydrogens is 396 g/mol. The second-order valence-electron chi connectivity index (χ2n) is 8.23.